The number of aromatic hydroxyl groups is 1. The number of halogens is 1. The van der Waals surface area contributed by atoms with Crippen LogP contribution in [0.5, 0.6) is 5.75 Å². The number of rotatable bonds is 3. The molecule has 0 aliphatic heterocycles. The minimum absolute atomic E-state index is 0.0640. The summed E-state index contributed by atoms with van der Waals surface area (Å²) in [4.78, 5) is 14.8. The highest BCUT2D eigenvalue weighted by atomic mass is 79.9. The lowest BCUT2D eigenvalue weighted by molar-refractivity contribution is -0.384. The van der Waals surface area contributed by atoms with Gasteiger partial charge in [-0.15, -0.1) is 11.3 Å². The quantitative estimate of drug-likeness (QED) is 0.523. The zero-order chi connectivity index (χ0) is 15.7. The molecule has 0 aliphatic rings. The summed E-state index contributed by atoms with van der Waals surface area (Å²) in [7, 11) is 0. The Balaban J connectivity index is 1.91. The van der Waals surface area contributed by atoms with E-state index in [1.165, 1.54) is 23.5 Å². The zero-order valence-electron chi connectivity index (χ0n) is 11.1. The van der Waals surface area contributed by atoms with E-state index in [0.29, 0.717) is 4.47 Å². The SMILES string of the molecule is O=[N+]([O-])c1ccc2nc(C=Cc3ccc(O)c(Br)c3)sc2c1. The zero-order valence-corrected chi connectivity index (χ0v) is 13.5. The van der Waals surface area contributed by atoms with Crippen molar-refractivity contribution in [3.05, 3.63) is 61.6 Å². The number of thiazole rings is 1. The highest BCUT2D eigenvalue weighted by molar-refractivity contribution is 9.10. The first-order chi connectivity index (χ1) is 10.5. The molecule has 0 radical (unpaired) electrons. The topological polar surface area (TPSA) is 76.3 Å². The van der Waals surface area contributed by atoms with E-state index in [1.807, 2.05) is 12.2 Å². The molecule has 1 heterocycles. The van der Waals surface area contributed by atoms with Crippen molar-refractivity contribution in [3.8, 4) is 5.75 Å². The molecular weight excluding hydrogens is 368 g/mol. The van der Waals surface area contributed by atoms with Gasteiger partial charge in [0.05, 0.1) is 19.6 Å². The highest BCUT2D eigenvalue weighted by Gasteiger charge is 2.09. The predicted octanol–water partition coefficient (Wildman–Crippen LogP) is 4.84. The van der Waals surface area contributed by atoms with Crippen molar-refractivity contribution in [2.24, 2.45) is 0 Å². The van der Waals surface area contributed by atoms with E-state index >= 15 is 0 Å². The average Bonchev–Trinajstić information content (AvgIpc) is 2.90. The van der Waals surface area contributed by atoms with E-state index in [1.54, 1.807) is 24.3 Å². The van der Waals surface area contributed by atoms with Crippen LogP contribution in [0.25, 0.3) is 22.4 Å². The smallest absolute Gasteiger partial charge is 0.270 e. The third-order valence-corrected chi connectivity index (χ3v) is 4.61. The molecule has 0 amide bonds. The van der Waals surface area contributed by atoms with Crippen LogP contribution in [0.4, 0.5) is 5.69 Å². The molecule has 3 rings (SSSR count). The summed E-state index contributed by atoms with van der Waals surface area (Å²) in [6, 6.07) is 9.82. The first kappa shape index (κ1) is 14.7. The van der Waals surface area contributed by atoms with Crippen molar-refractivity contribution in [2.75, 3.05) is 0 Å². The van der Waals surface area contributed by atoms with E-state index in [4.69, 9.17) is 0 Å². The van der Waals surface area contributed by atoms with E-state index < -0.39 is 4.92 Å². The Labute approximate surface area is 137 Å². The Morgan fingerprint density at radius 3 is 2.77 bits per heavy atom. The maximum Gasteiger partial charge on any atom is 0.270 e. The first-order valence-corrected chi connectivity index (χ1v) is 7.85. The molecule has 0 fully saturated rings. The van der Waals surface area contributed by atoms with E-state index in [0.717, 1.165) is 20.8 Å². The van der Waals surface area contributed by atoms with Gasteiger partial charge in [0.25, 0.3) is 5.69 Å². The van der Waals surface area contributed by atoms with Crippen LogP contribution in [0.2, 0.25) is 0 Å². The van der Waals surface area contributed by atoms with Crippen LogP contribution in [-0.2, 0) is 0 Å². The highest BCUT2D eigenvalue weighted by Crippen LogP contribution is 2.28. The van der Waals surface area contributed by atoms with Gasteiger partial charge in [0.2, 0.25) is 0 Å². The normalized spacial score (nSPS) is 11.3. The van der Waals surface area contributed by atoms with Gasteiger partial charge < -0.3 is 5.11 Å². The third-order valence-electron chi connectivity index (χ3n) is 2.99. The molecule has 22 heavy (non-hydrogen) atoms. The van der Waals surface area contributed by atoms with Gasteiger partial charge in [0.15, 0.2) is 0 Å². The number of nitro benzene ring substituents is 1. The fraction of sp³-hybridized carbons (Fsp3) is 0. The van der Waals surface area contributed by atoms with Crippen molar-refractivity contribution in [2.45, 2.75) is 0 Å². The summed E-state index contributed by atoms with van der Waals surface area (Å²) in [5.74, 6) is 0.185. The van der Waals surface area contributed by atoms with Crippen LogP contribution in [-0.4, -0.2) is 15.0 Å². The fourth-order valence-electron chi connectivity index (χ4n) is 1.91. The van der Waals surface area contributed by atoms with E-state index in [-0.39, 0.29) is 11.4 Å². The molecule has 7 heteroatoms. The molecular formula is C15H9BrN2O3S. The summed E-state index contributed by atoms with van der Waals surface area (Å²) < 4.78 is 1.40. The lowest BCUT2D eigenvalue weighted by atomic mass is 10.2. The number of non-ortho nitro benzene ring substituents is 1. The number of hydrogen-bond acceptors (Lipinski definition) is 5. The molecule has 0 bridgehead atoms. The standard InChI is InChI=1S/C15H9BrN2O3S/c16-11-7-9(1-5-13(11)19)2-6-15-17-12-4-3-10(18(20)21)8-14(12)22-15/h1-8,19H. The van der Waals surface area contributed by atoms with Gasteiger partial charge >= 0.3 is 0 Å². The Kier molecular flexibility index (Phi) is 3.91. The van der Waals surface area contributed by atoms with Crippen LogP contribution in [0.3, 0.4) is 0 Å². The monoisotopic (exact) mass is 376 g/mol. The second-order valence-corrected chi connectivity index (χ2v) is 6.42. The fourth-order valence-corrected chi connectivity index (χ4v) is 3.21. The minimum Gasteiger partial charge on any atom is -0.507 e. The first-order valence-electron chi connectivity index (χ1n) is 6.24. The summed E-state index contributed by atoms with van der Waals surface area (Å²) in [6.45, 7) is 0. The molecule has 0 saturated heterocycles. The molecule has 3 aromatic rings. The van der Waals surface area contributed by atoms with Crippen LogP contribution in [0.1, 0.15) is 10.6 Å². The van der Waals surface area contributed by atoms with Crippen LogP contribution >= 0.6 is 27.3 Å². The molecule has 5 nitrogen and oxygen atoms in total. The summed E-state index contributed by atoms with van der Waals surface area (Å²) in [6.07, 6.45) is 3.71. The Bertz CT molecular complexity index is 905. The number of phenolic OH excluding ortho intramolecular Hbond substituents is 1. The number of nitro groups is 1. The summed E-state index contributed by atoms with van der Waals surface area (Å²) in [5.41, 5.74) is 1.71. The number of nitrogens with zero attached hydrogens (tertiary/aromatic N) is 2. The number of aromatic nitrogens is 1. The summed E-state index contributed by atoms with van der Waals surface area (Å²) in [5, 5.41) is 21.0. The molecule has 2 aromatic carbocycles. The molecule has 0 spiro atoms. The molecule has 1 aromatic heterocycles. The molecule has 110 valence electrons. The second-order valence-electron chi connectivity index (χ2n) is 4.51. The van der Waals surface area contributed by atoms with Gasteiger partial charge in [0.1, 0.15) is 10.8 Å². The van der Waals surface area contributed by atoms with Crippen LogP contribution in [0.15, 0.2) is 40.9 Å². The maximum absolute atomic E-state index is 10.8. The van der Waals surface area contributed by atoms with Crippen molar-refractivity contribution in [1.29, 1.82) is 0 Å². The Hall–Kier alpha value is -2.25. The van der Waals surface area contributed by atoms with Gasteiger partial charge in [-0.1, -0.05) is 12.1 Å². The van der Waals surface area contributed by atoms with Gasteiger partial charge in [-0.2, -0.15) is 0 Å². The van der Waals surface area contributed by atoms with Gasteiger partial charge in [-0.05, 0) is 45.8 Å². The van der Waals surface area contributed by atoms with E-state index in [2.05, 4.69) is 20.9 Å². The maximum atomic E-state index is 10.8. The second kappa shape index (κ2) is 5.86. The van der Waals surface area contributed by atoms with Crippen molar-refractivity contribution < 1.29 is 10.0 Å². The summed E-state index contributed by atoms with van der Waals surface area (Å²) >= 11 is 4.65. The van der Waals surface area contributed by atoms with Gasteiger partial charge in [-0.25, -0.2) is 4.98 Å². The molecule has 1 N–H and O–H groups in total. The van der Waals surface area contributed by atoms with E-state index in [9.17, 15) is 15.2 Å². The van der Waals surface area contributed by atoms with Crippen LogP contribution in [0, 0.1) is 10.1 Å². The Morgan fingerprint density at radius 1 is 1.23 bits per heavy atom. The largest absolute Gasteiger partial charge is 0.507 e. The molecule has 0 unspecified atom stereocenters. The minimum atomic E-state index is -0.414. The lowest BCUT2D eigenvalue weighted by Crippen LogP contribution is -1.85. The Morgan fingerprint density at radius 2 is 2.05 bits per heavy atom. The number of phenols is 1. The van der Waals surface area contributed by atoms with Gasteiger partial charge in [-0.3, -0.25) is 10.1 Å². The molecule has 0 aliphatic carbocycles. The number of hydrogen-bond donors (Lipinski definition) is 1. The van der Waals surface area contributed by atoms with Crippen molar-refractivity contribution in [3.63, 3.8) is 0 Å². The van der Waals surface area contributed by atoms with Gasteiger partial charge in [0, 0.05) is 12.1 Å². The molecule has 0 saturated carbocycles. The average molecular weight is 377 g/mol. The molecule has 0 atom stereocenters. The lowest BCUT2D eigenvalue weighted by Gasteiger charge is -1.97. The van der Waals surface area contributed by atoms with Crippen molar-refractivity contribution >= 4 is 55.3 Å². The number of benzene rings is 2. The third kappa shape index (κ3) is 3.00. The predicted molar refractivity (Wildman–Crippen MR) is 91.0 cm³/mol. The number of fused-ring (bicyclic) bond motifs is 1. The van der Waals surface area contributed by atoms with Crippen molar-refractivity contribution in [1.82, 2.24) is 4.98 Å². The van der Waals surface area contributed by atoms with Crippen LogP contribution < -0.4 is 0 Å².